The third-order valence-electron chi connectivity index (χ3n) is 3.02. The molecule has 2 saturated carbocycles. The molecule has 13 heavy (non-hydrogen) atoms. The van der Waals surface area contributed by atoms with Crippen LogP contribution in [0, 0.1) is 17.8 Å². The molecule has 0 amide bonds. The van der Waals surface area contributed by atoms with Crippen LogP contribution in [0.2, 0.25) is 0 Å². The summed E-state index contributed by atoms with van der Waals surface area (Å²) in [7, 11) is 0. The molecule has 2 rings (SSSR count). The Hall–Kier alpha value is -0.470. The fraction of sp³-hybridized carbons (Fsp3) is 0.900. The smallest absolute Gasteiger partial charge is 0.254 e. The standard InChI is InChI=1S/C8H10F2O.C2H6/c1-4(11)5-2-6-7(3-5)8(6,9)10;1-2/h5-7H,2-3H2,1H3;1-2H3. The molecule has 0 aromatic carbocycles. The van der Waals surface area contributed by atoms with E-state index >= 15 is 0 Å². The van der Waals surface area contributed by atoms with Crippen molar-refractivity contribution in [2.45, 2.75) is 39.5 Å². The van der Waals surface area contributed by atoms with Crippen LogP contribution in [-0.4, -0.2) is 11.7 Å². The molecule has 1 nitrogen and oxygen atoms in total. The van der Waals surface area contributed by atoms with Gasteiger partial charge in [0.25, 0.3) is 5.92 Å². The topological polar surface area (TPSA) is 17.1 Å². The van der Waals surface area contributed by atoms with Crippen molar-refractivity contribution >= 4 is 5.78 Å². The van der Waals surface area contributed by atoms with Gasteiger partial charge in [-0.15, -0.1) is 0 Å². The Bertz CT molecular complexity index is 199. The van der Waals surface area contributed by atoms with Crippen LogP contribution >= 0.6 is 0 Å². The maximum Gasteiger partial charge on any atom is 0.254 e. The van der Waals surface area contributed by atoms with E-state index in [0.717, 1.165) is 0 Å². The van der Waals surface area contributed by atoms with Crippen molar-refractivity contribution < 1.29 is 13.6 Å². The molecule has 0 saturated heterocycles. The average Bonchev–Trinajstić information content (AvgIpc) is 2.55. The average molecular weight is 190 g/mol. The Kier molecular flexibility index (Phi) is 2.74. The summed E-state index contributed by atoms with van der Waals surface area (Å²) in [5.74, 6) is -3.34. The lowest BCUT2D eigenvalue weighted by Crippen LogP contribution is -2.13. The van der Waals surface area contributed by atoms with Gasteiger partial charge in [0, 0.05) is 17.8 Å². The molecule has 3 heteroatoms. The summed E-state index contributed by atoms with van der Waals surface area (Å²) in [6.45, 7) is 5.49. The normalized spacial score (nSPS) is 38.7. The molecule has 0 bridgehead atoms. The number of fused-ring (bicyclic) bond motifs is 1. The van der Waals surface area contributed by atoms with Crippen molar-refractivity contribution in [3.63, 3.8) is 0 Å². The minimum absolute atomic E-state index is 0.0652. The molecule has 0 aromatic rings. The van der Waals surface area contributed by atoms with Gasteiger partial charge in [-0.3, -0.25) is 4.79 Å². The second kappa shape index (κ2) is 3.35. The fourth-order valence-corrected chi connectivity index (χ4v) is 2.14. The minimum Gasteiger partial charge on any atom is -0.300 e. The van der Waals surface area contributed by atoms with Crippen LogP contribution in [-0.2, 0) is 4.79 Å². The second-order valence-corrected chi connectivity index (χ2v) is 3.67. The Morgan fingerprint density at radius 2 is 1.62 bits per heavy atom. The number of rotatable bonds is 1. The predicted molar refractivity (Wildman–Crippen MR) is 46.7 cm³/mol. The number of hydrogen-bond donors (Lipinski definition) is 0. The van der Waals surface area contributed by atoms with Crippen LogP contribution in [0.1, 0.15) is 33.6 Å². The molecule has 2 atom stereocenters. The molecule has 2 aliphatic rings. The van der Waals surface area contributed by atoms with Crippen molar-refractivity contribution in [1.82, 2.24) is 0 Å². The van der Waals surface area contributed by atoms with Gasteiger partial charge in [0.15, 0.2) is 0 Å². The highest BCUT2D eigenvalue weighted by Crippen LogP contribution is 2.65. The third kappa shape index (κ3) is 1.61. The van der Waals surface area contributed by atoms with Gasteiger partial charge in [-0.2, -0.15) is 0 Å². The second-order valence-electron chi connectivity index (χ2n) is 3.67. The first-order valence-corrected chi connectivity index (χ1v) is 4.91. The highest BCUT2D eigenvalue weighted by atomic mass is 19.3. The lowest BCUT2D eigenvalue weighted by atomic mass is 9.99. The number of alkyl halides is 2. The van der Waals surface area contributed by atoms with Crippen molar-refractivity contribution in [2.24, 2.45) is 17.8 Å². The summed E-state index contributed by atoms with van der Waals surface area (Å²) in [6, 6.07) is 0. The SMILES string of the molecule is CC.CC(=O)C1CC2C(C1)C2(F)F. The van der Waals surface area contributed by atoms with E-state index in [-0.39, 0.29) is 11.7 Å². The predicted octanol–water partition coefficient (Wildman–Crippen LogP) is 2.89. The van der Waals surface area contributed by atoms with E-state index in [4.69, 9.17) is 0 Å². The zero-order valence-electron chi connectivity index (χ0n) is 8.31. The highest BCUT2D eigenvalue weighted by molar-refractivity contribution is 5.79. The van der Waals surface area contributed by atoms with E-state index in [2.05, 4.69) is 0 Å². The van der Waals surface area contributed by atoms with Gasteiger partial charge in [0.05, 0.1) is 0 Å². The molecule has 0 spiro atoms. The molecule has 0 aromatic heterocycles. The van der Waals surface area contributed by atoms with Gasteiger partial charge in [-0.1, -0.05) is 13.8 Å². The van der Waals surface area contributed by atoms with Crippen LogP contribution in [0.15, 0.2) is 0 Å². The monoisotopic (exact) mass is 190 g/mol. The number of carbonyl (C=O) groups is 1. The largest absolute Gasteiger partial charge is 0.300 e. The molecule has 0 N–H and O–H groups in total. The van der Waals surface area contributed by atoms with E-state index in [9.17, 15) is 13.6 Å². The van der Waals surface area contributed by atoms with Crippen LogP contribution in [0.25, 0.3) is 0 Å². The quantitative estimate of drug-likeness (QED) is 0.621. The van der Waals surface area contributed by atoms with Crippen LogP contribution in [0.4, 0.5) is 8.78 Å². The number of hydrogen-bond acceptors (Lipinski definition) is 1. The maximum absolute atomic E-state index is 12.6. The van der Waals surface area contributed by atoms with Gasteiger partial charge in [0.2, 0.25) is 0 Å². The van der Waals surface area contributed by atoms with Gasteiger partial charge in [-0.05, 0) is 19.8 Å². The molecule has 0 heterocycles. The summed E-state index contributed by atoms with van der Waals surface area (Å²) in [5, 5.41) is 0. The Morgan fingerprint density at radius 1 is 1.23 bits per heavy atom. The van der Waals surface area contributed by atoms with E-state index in [1.54, 1.807) is 0 Å². The number of halogens is 2. The first-order valence-electron chi connectivity index (χ1n) is 4.91. The lowest BCUT2D eigenvalue weighted by Gasteiger charge is -2.09. The lowest BCUT2D eigenvalue weighted by molar-refractivity contribution is -0.121. The van der Waals surface area contributed by atoms with Crippen molar-refractivity contribution in [2.75, 3.05) is 0 Å². The van der Waals surface area contributed by atoms with E-state index in [0.29, 0.717) is 12.8 Å². The summed E-state index contributed by atoms with van der Waals surface area (Å²) in [6.07, 6.45) is 0.847. The third-order valence-corrected chi connectivity index (χ3v) is 3.02. The summed E-state index contributed by atoms with van der Waals surface area (Å²) >= 11 is 0. The molecule has 0 radical (unpaired) electrons. The Morgan fingerprint density at radius 3 is 1.92 bits per heavy atom. The summed E-state index contributed by atoms with van der Waals surface area (Å²) < 4.78 is 25.1. The maximum atomic E-state index is 12.6. The number of carbonyl (C=O) groups excluding carboxylic acids is 1. The number of ketones is 1. The number of Topliss-reactive ketones (excluding diaryl/α,β-unsaturated/α-hetero) is 1. The Balaban J connectivity index is 0.000000396. The van der Waals surface area contributed by atoms with Gasteiger partial charge >= 0.3 is 0 Å². The first-order chi connectivity index (χ1) is 6.03. The summed E-state index contributed by atoms with van der Waals surface area (Å²) in [5.41, 5.74) is 0. The molecular weight excluding hydrogens is 174 g/mol. The van der Waals surface area contributed by atoms with E-state index in [1.807, 2.05) is 13.8 Å². The van der Waals surface area contributed by atoms with Crippen molar-refractivity contribution in [3.8, 4) is 0 Å². The van der Waals surface area contributed by atoms with Gasteiger partial charge < -0.3 is 0 Å². The van der Waals surface area contributed by atoms with E-state index < -0.39 is 17.8 Å². The highest BCUT2D eigenvalue weighted by Gasteiger charge is 2.71. The molecule has 2 unspecified atom stereocenters. The molecule has 2 aliphatic carbocycles. The molecule has 0 aliphatic heterocycles. The molecule has 2 fully saturated rings. The minimum atomic E-state index is -2.42. The van der Waals surface area contributed by atoms with E-state index in [1.165, 1.54) is 6.92 Å². The fourth-order valence-electron chi connectivity index (χ4n) is 2.14. The summed E-state index contributed by atoms with van der Waals surface area (Å²) in [4.78, 5) is 10.8. The van der Waals surface area contributed by atoms with Gasteiger partial charge in [0.1, 0.15) is 5.78 Å². The Labute approximate surface area is 77.5 Å². The first kappa shape index (κ1) is 10.6. The van der Waals surface area contributed by atoms with Crippen LogP contribution < -0.4 is 0 Å². The van der Waals surface area contributed by atoms with Crippen LogP contribution in [0.5, 0.6) is 0 Å². The zero-order valence-corrected chi connectivity index (χ0v) is 8.31. The molecular formula is C10H16F2O. The van der Waals surface area contributed by atoms with Crippen LogP contribution in [0.3, 0.4) is 0 Å². The molecule has 76 valence electrons. The zero-order chi connectivity index (χ0) is 10.2. The van der Waals surface area contributed by atoms with Crippen molar-refractivity contribution in [3.05, 3.63) is 0 Å². The van der Waals surface area contributed by atoms with Gasteiger partial charge in [-0.25, -0.2) is 8.78 Å². The van der Waals surface area contributed by atoms with Crippen molar-refractivity contribution in [1.29, 1.82) is 0 Å².